The molecule has 0 aliphatic rings. The number of nitrogens with zero attached hydrogens (tertiary/aromatic N) is 1. The maximum Gasteiger partial charge on any atom is 0.136 e. The first-order valence-corrected chi connectivity index (χ1v) is 21.6. The highest BCUT2D eigenvalue weighted by Crippen LogP contribution is 2.47. The van der Waals surface area contributed by atoms with Gasteiger partial charge in [0.2, 0.25) is 0 Å². The standard InChI is InChI=1S/C58H37NOS/c1-2-14-38(15-3-1)44-21-10-16-41-17-11-24-49(56(41)44)47-18-4-7-26-52(47)59(42-34-30-39(31-35-42)45-22-13-28-54-57(45)51-20-5-8-27-53(51)60-54)43-36-32-40(33-37-43)46-23-12-25-50-48-19-6-9-29-55(48)61-58(46)50/h1-37H. The number of rotatable bonds is 7. The molecule has 0 aliphatic heterocycles. The van der Waals surface area contributed by atoms with Crippen molar-refractivity contribution in [2.45, 2.75) is 0 Å². The van der Waals surface area contributed by atoms with Crippen molar-refractivity contribution in [2.75, 3.05) is 4.90 Å². The summed E-state index contributed by atoms with van der Waals surface area (Å²) in [6.45, 7) is 0. The van der Waals surface area contributed by atoms with E-state index in [1.165, 1.54) is 58.8 Å². The van der Waals surface area contributed by atoms with E-state index in [4.69, 9.17) is 4.42 Å². The van der Waals surface area contributed by atoms with E-state index < -0.39 is 0 Å². The third-order valence-corrected chi connectivity index (χ3v) is 13.3. The Hall–Kier alpha value is -7.72. The maximum atomic E-state index is 6.29. The fourth-order valence-corrected chi connectivity index (χ4v) is 10.6. The number of anilines is 3. The quantitative estimate of drug-likeness (QED) is 0.160. The second kappa shape index (κ2) is 14.5. The van der Waals surface area contributed by atoms with Gasteiger partial charge in [-0.25, -0.2) is 0 Å². The second-order valence-electron chi connectivity index (χ2n) is 15.6. The summed E-state index contributed by atoms with van der Waals surface area (Å²) in [5, 5.41) is 7.35. The highest BCUT2D eigenvalue weighted by molar-refractivity contribution is 7.26. The molecule has 12 aromatic rings. The van der Waals surface area contributed by atoms with Gasteiger partial charge in [0.25, 0.3) is 0 Å². The van der Waals surface area contributed by atoms with Crippen molar-refractivity contribution in [3.05, 3.63) is 224 Å². The van der Waals surface area contributed by atoms with Gasteiger partial charge in [-0.15, -0.1) is 11.3 Å². The van der Waals surface area contributed by atoms with E-state index in [9.17, 15) is 0 Å². The molecule has 2 heterocycles. The van der Waals surface area contributed by atoms with Gasteiger partial charge in [-0.2, -0.15) is 0 Å². The van der Waals surface area contributed by atoms with Crippen LogP contribution in [0, 0.1) is 0 Å². The minimum Gasteiger partial charge on any atom is -0.456 e. The van der Waals surface area contributed by atoms with Crippen molar-refractivity contribution >= 4 is 81.3 Å². The third kappa shape index (κ3) is 5.93. The van der Waals surface area contributed by atoms with Crippen LogP contribution in [0.1, 0.15) is 0 Å². The van der Waals surface area contributed by atoms with E-state index in [0.717, 1.165) is 55.7 Å². The largest absolute Gasteiger partial charge is 0.456 e. The first-order chi connectivity index (χ1) is 30.3. The molecule has 0 amide bonds. The van der Waals surface area contributed by atoms with E-state index >= 15 is 0 Å². The smallest absolute Gasteiger partial charge is 0.136 e. The molecule has 61 heavy (non-hydrogen) atoms. The Morgan fingerprint density at radius 2 is 0.852 bits per heavy atom. The van der Waals surface area contributed by atoms with Crippen LogP contribution >= 0.6 is 11.3 Å². The minimum absolute atomic E-state index is 0.898. The van der Waals surface area contributed by atoms with Gasteiger partial charge in [0, 0.05) is 47.9 Å². The van der Waals surface area contributed by atoms with Gasteiger partial charge in [0.05, 0.1) is 5.69 Å². The number of fused-ring (bicyclic) bond motifs is 7. The summed E-state index contributed by atoms with van der Waals surface area (Å²) in [4.78, 5) is 2.42. The first kappa shape index (κ1) is 35.2. The van der Waals surface area contributed by atoms with E-state index in [2.05, 4.69) is 217 Å². The predicted molar refractivity (Wildman–Crippen MR) is 261 cm³/mol. The summed E-state index contributed by atoms with van der Waals surface area (Å²) < 4.78 is 8.92. The molecule has 12 rings (SSSR count). The van der Waals surface area contributed by atoms with E-state index in [1.807, 2.05) is 23.5 Å². The molecule has 0 bridgehead atoms. The van der Waals surface area contributed by atoms with Crippen molar-refractivity contribution in [1.29, 1.82) is 0 Å². The molecule has 10 aromatic carbocycles. The van der Waals surface area contributed by atoms with Crippen LogP contribution in [-0.2, 0) is 0 Å². The second-order valence-corrected chi connectivity index (χ2v) is 16.6. The van der Waals surface area contributed by atoms with Crippen LogP contribution in [0.25, 0.3) is 97.4 Å². The molecule has 0 radical (unpaired) electrons. The Morgan fingerprint density at radius 1 is 0.328 bits per heavy atom. The molecule has 0 unspecified atom stereocenters. The highest BCUT2D eigenvalue weighted by atomic mass is 32.1. The van der Waals surface area contributed by atoms with Crippen LogP contribution in [0.5, 0.6) is 0 Å². The van der Waals surface area contributed by atoms with Gasteiger partial charge in [0.1, 0.15) is 11.2 Å². The summed E-state index contributed by atoms with van der Waals surface area (Å²) in [5.74, 6) is 0. The van der Waals surface area contributed by atoms with Crippen LogP contribution in [0.15, 0.2) is 229 Å². The molecule has 286 valence electrons. The molecule has 0 N–H and O–H groups in total. The number of furan rings is 1. The molecule has 0 atom stereocenters. The van der Waals surface area contributed by atoms with Gasteiger partial charge >= 0.3 is 0 Å². The van der Waals surface area contributed by atoms with Gasteiger partial charge in [-0.3, -0.25) is 0 Å². The first-order valence-electron chi connectivity index (χ1n) is 20.7. The molecular formula is C58H37NOS. The zero-order valence-electron chi connectivity index (χ0n) is 33.1. The van der Waals surface area contributed by atoms with E-state index in [0.29, 0.717) is 0 Å². The summed E-state index contributed by atoms with van der Waals surface area (Å²) in [7, 11) is 0. The van der Waals surface area contributed by atoms with Crippen LogP contribution in [0.4, 0.5) is 17.1 Å². The topological polar surface area (TPSA) is 16.4 Å². The molecule has 2 nitrogen and oxygen atoms in total. The SMILES string of the molecule is c1ccc(-c2cccc3cccc(-c4ccccc4N(c4ccc(-c5cccc6c5sc5ccccc56)cc4)c4ccc(-c5cccc6oc7ccccc7c56)cc4)c23)cc1. The number of hydrogen-bond donors (Lipinski definition) is 0. The van der Waals surface area contributed by atoms with Crippen molar-refractivity contribution in [3.8, 4) is 44.5 Å². The average Bonchev–Trinajstić information content (AvgIpc) is 3.91. The Labute approximate surface area is 357 Å². The Kier molecular flexibility index (Phi) is 8.39. The van der Waals surface area contributed by atoms with Crippen molar-refractivity contribution in [3.63, 3.8) is 0 Å². The molecule has 0 saturated heterocycles. The number of thiophene rings is 1. The van der Waals surface area contributed by atoms with Crippen LogP contribution < -0.4 is 4.90 Å². The van der Waals surface area contributed by atoms with Crippen LogP contribution in [0.2, 0.25) is 0 Å². The fourth-order valence-electron chi connectivity index (χ4n) is 9.32. The number of hydrogen-bond acceptors (Lipinski definition) is 3. The molecule has 3 heteroatoms. The molecule has 0 spiro atoms. The van der Waals surface area contributed by atoms with E-state index in [1.54, 1.807) is 0 Å². The molecule has 2 aromatic heterocycles. The van der Waals surface area contributed by atoms with Crippen molar-refractivity contribution in [2.24, 2.45) is 0 Å². The maximum absolute atomic E-state index is 6.29. The zero-order chi connectivity index (χ0) is 40.3. The minimum atomic E-state index is 0.898. The lowest BCUT2D eigenvalue weighted by Crippen LogP contribution is -2.11. The van der Waals surface area contributed by atoms with Crippen molar-refractivity contribution in [1.82, 2.24) is 0 Å². The lowest BCUT2D eigenvalue weighted by Gasteiger charge is -2.29. The third-order valence-electron chi connectivity index (χ3n) is 12.1. The van der Waals surface area contributed by atoms with Gasteiger partial charge < -0.3 is 9.32 Å². The lowest BCUT2D eigenvalue weighted by atomic mass is 9.90. The molecule has 0 aliphatic carbocycles. The summed E-state index contributed by atoms with van der Waals surface area (Å²) in [6.07, 6.45) is 0. The molecule has 0 fully saturated rings. The van der Waals surface area contributed by atoms with Gasteiger partial charge in [-0.1, -0.05) is 176 Å². The monoisotopic (exact) mass is 795 g/mol. The van der Waals surface area contributed by atoms with Gasteiger partial charge in [-0.05, 0) is 98.2 Å². The lowest BCUT2D eigenvalue weighted by molar-refractivity contribution is 0.669. The highest BCUT2D eigenvalue weighted by Gasteiger charge is 2.21. The van der Waals surface area contributed by atoms with Gasteiger partial charge in [0.15, 0.2) is 0 Å². The Bertz CT molecular complexity index is 3570. The van der Waals surface area contributed by atoms with Crippen molar-refractivity contribution < 1.29 is 4.42 Å². The normalized spacial score (nSPS) is 11.6. The molecule has 0 saturated carbocycles. The zero-order valence-corrected chi connectivity index (χ0v) is 33.9. The number of benzene rings is 10. The predicted octanol–water partition coefficient (Wildman–Crippen LogP) is 17.2. The fraction of sp³-hybridized carbons (Fsp3) is 0. The van der Waals surface area contributed by atoms with Crippen LogP contribution in [-0.4, -0.2) is 0 Å². The summed E-state index contributed by atoms with van der Waals surface area (Å²) >= 11 is 1.87. The Morgan fingerprint density at radius 3 is 1.64 bits per heavy atom. The van der Waals surface area contributed by atoms with Crippen LogP contribution in [0.3, 0.4) is 0 Å². The van der Waals surface area contributed by atoms with E-state index in [-0.39, 0.29) is 0 Å². The molecular weight excluding hydrogens is 759 g/mol. The number of para-hydroxylation sites is 2. The average molecular weight is 796 g/mol. The Balaban J connectivity index is 1.03. The summed E-state index contributed by atoms with van der Waals surface area (Å²) in [6, 6.07) is 81.2. The summed E-state index contributed by atoms with van der Waals surface area (Å²) in [5.41, 5.74) is 14.6.